The average Bonchev–Trinajstić information content (AvgIpc) is 2.24. The monoisotopic (exact) mass is 283 g/mol. The summed E-state index contributed by atoms with van der Waals surface area (Å²) in [5, 5.41) is 2.91. The molecular weight excluding hydrogens is 266 g/mol. The van der Waals surface area contributed by atoms with Gasteiger partial charge in [-0.15, -0.1) is 0 Å². The minimum absolute atomic E-state index is 0.0422. The molecule has 0 aliphatic heterocycles. The van der Waals surface area contributed by atoms with Gasteiger partial charge in [0.25, 0.3) is 0 Å². The molecule has 1 aromatic rings. The summed E-state index contributed by atoms with van der Waals surface area (Å²) in [4.78, 5) is 11.5. The molecule has 0 radical (unpaired) electrons. The summed E-state index contributed by atoms with van der Waals surface area (Å²) in [6, 6.07) is 10.3. The Labute approximate surface area is 106 Å². The molecule has 0 saturated heterocycles. The van der Waals surface area contributed by atoms with Crippen LogP contribution in [-0.2, 0) is 11.2 Å². The zero-order chi connectivity index (χ0) is 12.0. The largest absolute Gasteiger partial charge is 0.355 e. The molecule has 0 saturated carbocycles. The van der Waals surface area contributed by atoms with Crippen LogP contribution in [0.3, 0.4) is 0 Å². The van der Waals surface area contributed by atoms with Crippen molar-refractivity contribution < 1.29 is 4.79 Å². The zero-order valence-corrected chi connectivity index (χ0v) is 11.4. The lowest BCUT2D eigenvalue weighted by atomic mass is 10.1. The summed E-state index contributed by atoms with van der Waals surface area (Å²) in [7, 11) is 0. The van der Waals surface area contributed by atoms with Crippen LogP contribution in [0, 0.1) is 0 Å². The number of aryl methyl sites for hydroxylation is 1. The minimum atomic E-state index is -0.472. The first-order chi connectivity index (χ1) is 7.50. The van der Waals surface area contributed by atoms with Gasteiger partial charge < -0.3 is 5.32 Å². The van der Waals surface area contributed by atoms with E-state index in [1.807, 2.05) is 32.0 Å². The third-order valence-corrected chi connectivity index (χ3v) is 2.67. The van der Waals surface area contributed by atoms with E-state index < -0.39 is 4.32 Å². The Bertz CT molecular complexity index is 330. The van der Waals surface area contributed by atoms with E-state index in [4.69, 9.17) is 0 Å². The van der Waals surface area contributed by atoms with Crippen LogP contribution in [0.2, 0.25) is 0 Å². The fraction of sp³-hybridized carbons (Fsp3) is 0.462. The molecule has 1 amide bonds. The summed E-state index contributed by atoms with van der Waals surface area (Å²) in [6.07, 6.45) is 1.97. The summed E-state index contributed by atoms with van der Waals surface area (Å²) in [5.41, 5.74) is 1.31. The van der Waals surface area contributed by atoms with E-state index in [9.17, 15) is 4.79 Å². The number of amides is 1. The number of alkyl halides is 1. The minimum Gasteiger partial charge on any atom is -0.355 e. The van der Waals surface area contributed by atoms with Crippen LogP contribution in [0.1, 0.15) is 25.8 Å². The van der Waals surface area contributed by atoms with Crippen LogP contribution >= 0.6 is 15.9 Å². The van der Waals surface area contributed by atoms with Gasteiger partial charge in [-0.1, -0.05) is 46.3 Å². The molecule has 0 unspecified atom stereocenters. The normalized spacial score (nSPS) is 11.2. The van der Waals surface area contributed by atoms with Crippen LogP contribution in [0.15, 0.2) is 30.3 Å². The molecule has 0 aliphatic rings. The highest BCUT2D eigenvalue weighted by molar-refractivity contribution is 9.10. The van der Waals surface area contributed by atoms with E-state index in [1.165, 1.54) is 5.56 Å². The summed E-state index contributed by atoms with van der Waals surface area (Å²) >= 11 is 3.33. The molecule has 88 valence electrons. The molecule has 0 aliphatic carbocycles. The number of halogens is 1. The van der Waals surface area contributed by atoms with Crippen molar-refractivity contribution in [1.82, 2.24) is 5.32 Å². The molecule has 0 aromatic heterocycles. The first kappa shape index (κ1) is 13.2. The van der Waals surface area contributed by atoms with Crippen LogP contribution < -0.4 is 5.32 Å². The van der Waals surface area contributed by atoms with Crippen LogP contribution in [0.5, 0.6) is 0 Å². The Kier molecular flexibility index (Phi) is 5.00. The Hall–Kier alpha value is -0.830. The van der Waals surface area contributed by atoms with Gasteiger partial charge in [0.05, 0.1) is 4.32 Å². The molecule has 0 spiro atoms. The molecule has 0 bridgehead atoms. The van der Waals surface area contributed by atoms with Crippen molar-refractivity contribution in [3.8, 4) is 0 Å². The Morgan fingerprint density at radius 3 is 2.50 bits per heavy atom. The molecular formula is C13H18BrNO. The van der Waals surface area contributed by atoms with Gasteiger partial charge in [0.15, 0.2) is 0 Å². The lowest BCUT2D eigenvalue weighted by Crippen LogP contribution is -2.38. The third-order valence-electron chi connectivity index (χ3n) is 2.31. The lowest BCUT2D eigenvalue weighted by Gasteiger charge is -2.15. The number of rotatable bonds is 5. The van der Waals surface area contributed by atoms with Crippen molar-refractivity contribution in [2.45, 2.75) is 31.0 Å². The molecule has 3 heteroatoms. The summed E-state index contributed by atoms with van der Waals surface area (Å²) < 4.78 is -0.472. The second-order valence-corrected chi connectivity index (χ2v) is 6.30. The van der Waals surface area contributed by atoms with E-state index in [1.54, 1.807) is 0 Å². The van der Waals surface area contributed by atoms with Crippen LogP contribution in [0.4, 0.5) is 0 Å². The average molecular weight is 284 g/mol. The zero-order valence-electron chi connectivity index (χ0n) is 9.79. The number of carbonyl (C=O) groups excluding carboxylic acids is 1. The van der Waals surface area contributed by atoms with Crippen molar-refractivity contribution in [3.63, 3.8) is 0 Å². The maximum absolute atomic E-state index is 11.5. The topological polar surface area (TPSA) is 29.1 Å². The summed E-state index contributed by atoms with van der Waals surface area (Å²) in [5.74, 6) is 0.0422. The molecule has 0 atom stereocenters. The standard InChI is InChI=1S/C13H18BrNO/c1-13(2,14)12(16)15-10-6-9-11-7-4-3-5-8-11/h3-5,7-8H,6,9-10H2,1-2H3,(H,15,16). The van der Waals surface area contributed by atoms with E-state index in [0.29, 0.717) is 0 Å². The van der Waals surface area contributed by atoms with E-state index in [-0.39, 0.29) is 5.91 Å². The van der Waals surface area contributed by atoms with Crippen molar-refractivity contribution in [3.05, 3.63) is 35.9 Å². The van der Waals surface area contributed by atoms with Crippen molar-refractivity contribution in [1.29, 1.82) is 0 Å². The number of benzene rings is 1. The number of hydrogen-bond acceptors (Lipinski definition) is 1. The predicted molar refractivity (Wildman–Crippen MR) is 70.8 cm³/mol. The number of nitrogens with one attached hydrogen (secondary N) is 1. The maximum Gasteiger partial charge on any atom is 0.236 e. The highest BCUT2D eigenvalue weighted by Gasteiger charge is 2.22. The third kappa shape index (κ3) is 4.79. The quantitative estimate of drug-likeness (QED) is 0.653. The van der Waals surface area contributed by atoms with Crippen LogP contribution in [-0.4, -0.2) is 16.8 Å². The second-order valence-electron chi connectivity index (χ2n) is 4.32. The Morgan fingerprint density at radius 2 is 1.94 bits per heavy atom. The number of hydrogen-bond donors (Lipinski definition) is 1. The van der Waals surface area contributed by atoms with E-state index in [2.05, 4.69) is 33.4 Å². The van der Waals surface area contributed by atoms with Gasteiger partial charge >= 0.3 is 0 Å². The van der Waals surface area contributed by atoms with Gasteiger partial charge in [-0.3, -0.25) is 4.79 Å². The molecule has 1 N–H and O–H groups in total. The molecule has 2 nitrogen and oxygen atoms in total. The van der Waals surface area contributed by atoms with Crippen LogP contribution in [0.25, 0.3) is 0 Å². The van der Waals surface area contributed by atoms with Crippen molar-refractivity contribution in [2.24, 2.45) is 0 Å². The van der Waals surface area contributed by atoms with Gasteiger partial charge in [0.2, 0.25) is 5.91 Å². The van der Waals surface area contributed by atoms with E-state index >= 15 is 0 Å². The molecule has 16 heavy (non-hydrogen) atoms. The smallest absolute Gasteiger partial charge is 0.236 e. The van der Waals surface area contributed by atoms with Gasteiger partial charge in [-0.25, -0.2) is 0 Å². The fourth-order valence-electron chi connectivity index (χ4n) is 1.35. The molecule has 0 fully saturated rings. The second kappa shape index (κ2) is 6.04. The first-order valence-electron chi connectivity index (χ1n) is 5.51. The Morgan fingerprint density at radius 1 is 1.31 bits per heavy atom. The first-order valence-corrected chi connectivity index (χ1v) is 6.30. The Balaban J connectivity index is 2.20. The van der Waals surface area contributed by atoms with Crippen molar-refractivity contribution >= 4 is 21.8 Å². The van der Waals surface area contributed by atoms with Gasteiger partial charge in [0.1, 0.15) is 0 Å². The lowest BCUT2D eigenvalue weighted by molar-refractivity contribution is -0.122. The maximum atomic E-state index is 11.5. The highest BCUT2D eigenvalue weighted by atomic mass is 79.9. The SMILES string of the molecule is CC(C)(Br)C(=O)NCCCc1ccccc1. The summed E-state index contributed by atoms with van der Waals surface area (Å²) in [6.45, 7) is 4.42. The number of carbonyl (C=O) groups is 1. The van der Waals surface area contributed by atoms with Gasteiger partial charge in [-0.05, 0) is 32.3 Å². The molecule has 0 heterocycles. The van der Waals surface area contributed by atoms with Crippen molar-refractivity contribution in [2.75, 3.05) is 6.54 Å². The predicted octanol–water partition coefficient (Wildman–Crippen LogP) is 2.91. The van der Waals surface area contributed by atoms with E-state index in [0.717, 1.165) is 19.4 Å². The highest BCUT2D eigenvalue weighted by Crippen LogP contribution is 2.15. The van der Waals surface area contributed by atoms with Gasteiger partial charge in [0, 0.05) is 6.54 Å². The van der Waals surface area contributed by atoms with Gasteiger partial charge in [-0.2, -0.15) is 0 Å². The fourth-order valence-corrected chi connectivity index (χ4v) is 1.49. The molecule has 1 aromatic carbocycles. The molecule has 1 rings (SSSR count).